The minimum Gasteiger partial charge on any atom is -0.397 e. The number of fused-ring (bicyclic) bond motifs is 2. The van der Waals surface area contributed by atoms with Crippen LogP contribution in [0, 0.1) is 0 Å². The number of benzene rings is 3. The summed E-state index contributed by atoms with van der Waals surface area (Å²) in [5.74, 6) is 0.890. The molecule has 0 atom stereocenters. The van der Waals surface area contributed by atoms with Crippen molar-refractivity contribution in [3.63, 3.8) is 0 Å². The fraction of sp³-hybridized carbons (Fsp3) is 0.167. The number of nitrogen functional groups attached to an aromatic ring is 2. The second-order valence-corrected chi connectivity index (χ2v) is 8.10. The van der Waals surface area contributed by atoms with Gasteiger partial charge in [0.05, 0.1) is 22.4 Å². The van der Waals surface area contributed by atoms with E-state index in [9.17, 15) is 4.79 Å². The van der Waals surface area contributed by atoms with E-state index in [0.717, 1.165) is 28.1 Å². The number of carbonyl (C=O) groups excluding carboxylic acids is 1. The maximum absolute atomic E-state index is 11.9. The third kappa shape index (κ3) is 3.85. The van der Waals surface area contributed by atoms with Crippen molar-refractivity contribution >= 4 is 34.0 Å². The molecule has 0 saturated heterocycles. The minimum absolute atomic E-state index is 0.0688. The SMILES string of the molecule is CC1(C)CC(=O)Nc2cc(-c3nc4ccccc4[nH]3)ccc21.Nc1ccccc1N. The number of carbonyl (C=O) groups is 1. The van der Waals surface area contributed by atoms with Crippen molar-refractivity contribution in [2.24, 2.45) is 0 Å². The lowest BCUT2D eigenvalue weighted by molar-refractivity contribution is -0.117. The summed E-state index contributed by atoms with van der Waals surface area (Å²) >= 11 is 0. The molecule has 0 saturated carbocycles. The molecule has 4 aromatic rings. The van der Waals surface area contributed by atoms with Crippen LogP contribution >= 0.6 is 0 Å². The zero-order valence-corrected chi connectivity index (χ0v) is 17.1. The second kappa shape index (κ2) is 7.55. The van der Waals surface area contributed by atoms with Crippen LogP contribution in [-0.2, 0) is 10.2 Å². The predicted octanol–water partition coefficient (Wildman–Crippen LogP) is 4.70. The third-order valence-corrected chi connectivity index (χ3v) is 5.28. The molecular formula is C24H25N5O. The molecule has 2 heterocycles. The number of anilines is 3. The average Bonchev–Trinajstić information content (AvgIpc) is 3.14. The van der Waals surface area contributed by atoms with Gasteiger partial charge in [0, 0.05) is 23.1 Å². The number of para-hydroxylation sites is 4. The summed E-state index contributed by atoms with van der Waals surface area (Å²) in [6, 6.07) is 21.4. The van der Waals surface area contributed by atoms with Gasteiger partial charge in [0.25, 0.3) is 0 Å². The first-order chi connectivity index (χ1) is 14.3. The number of imidazole rings is 1. The molecule has 6 N–H and O–H groups in total. The van der Waals surface area contributed by atoms with E-state index in [-0.39, 0.29) is 11.3 Å². The first kappa shape index (κ1) is 19.5. The molecule has 0 bridgehead atoms. The van der Waals surface area contributed by atoms with Crippen LogP contribution in [0.4, 0.5) is 17.1 Å². The summed E-state index contributed by atoms with van der Waals surface area (Å²) in [7, 11) is 0. The van der Waals surface area contributed by atoms with Crippen LogP contribution in [0.2, 0.25) is 0 Å². The molecule has 6 nitrogen and oxygen atoms in total. The number of nitrogens with two attached hydrogens (primary N) is 2. The van der Waals surface area contributed by atoms with Gasteiger partial charge >= 0.3 is 0 Å². The van der Waals surface area contributed by atoms with E-state index in [0.29, 0.717) is 17.8 Å². The zero-order chi connectivity index (χ0) is 21.3. The highest BCUT2D eigenvalue weighted by Crippen LogP contribution is 2.38. The highest BCUT2D eigenvalue weighted by atomic mass is 16.1. The molecule has 6 heteroatoms. The Hall–Kier alpha value is -3.80. The van der Waals surface area contributed by atoms with Crippen molar-refractivity contribution in [2.75, 3.05) is 16.8 Å². The first-order valence-electron chi connectivity index (χ1n) is 9.83. The molecule has 5 rings (SSSR count). The lowest BCUT2D eigenvalue weighted by Crippen LogP contribution is -2.32. The fourth-order valence-electron chi connectivity index (χ4n) is 3.68. The summed E-state index contributed by atoms with van der Waals surface area (Å²) in [5, 5.41) is 2.98. The lowest BCUT2D eigenvalue weighted by atomic mass is 9.77. The zero-order valence-electron chi connectivity index (χ0n) is 17.1. The molecule has 1 amide bonds. The molecule has 0 fully saturated rings. The summed E-state index contributed by atoms with van der Waals surface area (Å²) < 4.78 is 0. The Morgan fingerprint density at radius 3 is 2.27 bits per heavy atom. The maximum Gasteiger partial charge on any atom is 0.225 e. The van der Waals surface area contributed by atoms with E-state index >= 15 is 0 Å². The minimum atomic E-state index is -0.135. The summed E-state index contributed by atoms with van der Waals surface area (Å²) in [6.07, 6.45) is 0.518. The van der Waals surface area contributed by atoms with Crippen LogP contribution in [-0.4, -0.2) is 15.9 Å². The van der Waals surface area contributed by atoms with Crippen molar-refractivity contribution in [3.8, 4) is 11.4 Å². The van der Waals surface area contributed by atoms with E-state index in [4.69, 9.17) is 11.5 Å². The van der Waals surface area contributed by atoms with Gasteiger partial charge in [-0.05, 0) is 35.9 Å². The average molecular weight is 399 g/mol. The molecule has 1 aliphatic heterocycles. The van der Waals surface area contributed by atoms with Crippen LogP contribution < -0.4 is 16.8 Å². The number of aromatic amines is 1. The van der Waals surface area contributed by atoms with Crippen LogP contribution in [0.5, 0.6) is 0 Å². The normalized spacial score (nSPS) is 14.4. The number of nitrogens with zero attached hydrogens (tertiary/aromatic N) is 1. The monoisotopic (exact) mass is 399 g/mol. The van der Waals surface area contributed by atoms with E-state index in [1.165, 1.54) is 5.56 Å². The van der Waals surface area contributed by atoms with Crippen molar-refractivity contribution in [1.29, 1.82) is 0 Å². The highest BCUT2D eigenvalue weighted by Gasteiger charge is 2.31. The molecule has 3 aromatic carbocycles. The van der Waals surface area contributed by atoms with Crippen molar-refractivity contribution in [1.82, 2.24) is 9.97 Å². The Bertz CT molecular complexity index is 1170. The fourth-order valence-corrected chi connectivity index (χ4v) is 3.68. The Morgan fingerprint density at radius 1 is 0.933 bits per heavy atom. The first-order valence-corrected chi connectivity index (χ1v) is 9.83. The molecule has 0 radical (unpaired) electrons. The molecule has 0 aliphatic carbocycles. The highest BCUT2D eigenvalue weighted by molar-refractivity contribution is 5.96. The Morgan fingerprint density at radius 2 is 1.60 bits per heavy atom. The topological polar surface area (TPSA) is 110 Å². The van der Waals surface area contributed by atoms with E-state index in [1.807, 2.05) is 42.5 Å². The van der Waals surface area contributed by atoms with Gasteiger partial charge in [0.2, 0.25) is 5.91 Å². The predicted molar refractivity (Wildman–Crippen MR) is 123 cm³/mol. The Labute approximate surface area is 175 Å². The summed E-state index contributed by atoms with van der Waals surface area (Å²) in [4.78, 5) is 19.8. The van der Waals surface area contributed by atoms with Gasteiger partial charge in [-0.15, -0.1) is 0 Å². The Kier molecular flexibility index (Phi) is 4.91. The Balaban J connectivity index is 0.000000230. The van der Waals surface area contributed by atoms with Gasteiger partial charge in [0.1, 0.15) is 5.82 Å². The molecule has 30 heavy (non-hydrogen) atoms. The van der Waals surface area contributed by atoms with Gasteiger partial charge in [-0.2, -0.15) is 0 Å². The third-order valence-electron chi connectivity index (χ3n) is 5.28. The second-order valence-electron chi connectivity index (χ2n) is 8.10. The van der Waals surface area contributed by atoms with E-state index in [1.54, 1.807) is 12.1 Å². The van der Waals surface area contributed by atoms with Crippen LogP contribution in [0.25, 0.3) is 22.4 Å². The molecule has 0 unspecified atom stereocenters. The molecule has 1 aliphatic rings. The van der Waals surface area contributed by atoms with Gasteiger partial charge in [0.15, 0.2) is 0 Å². The van der Waals surface area contributed by atoms with Crippen molar-refractivity contribution < 1.29 is 4.79 Å². The van der Waals surface area contributed by atoms with Crippen LogP contribution in [0.1, 0.15) is 25.8 Å². The molecule has 152 valence electrons. The molecular weight excluding hydrogens is 374 g/mol. The van der Waals surface area contributed by atoms with Crippen molar-refractivity contribution in [3.05, 3.63) is 72.3 Å². The van der Waals surface area contributed by atoms with E-state index in [2.05, 4.69) is 41.3 Å². The van der Waals surface area contributed by atoms with E-state index < -0.39 is 0 Å². The summed E-state index contributed by atoms with van der Waals surface area (Å²) in [6.45, 7) is 4.21. The van der Waals surface area contributed by atoms with Crippen LogP contribution in [0.15, 0.2) is 66.7 Å². The maximum atomic E-state index is 11.9. The van der Waals surface area contributed by atoms with Crippen LogP contribution in [0.3, 0.4) is 0 Å². The molecule has 1 aromatic heterocycles. The smallest absolute Gasteiger partial charge is 0.225 e. The number of aromatic nitrogens is 2. The number of amides is 1. The van der Waals surface area contributed by atoms with Crippen molar-refractivity contribution in [2.45, 2.75) is 25.7 Å². The van der Waals surface area contributed by atoms with Gasteiger partial charge in [-0.1, -0.05) is 50.2 Å². The number of rotatable bonds is 1. The van der Waals surface area contributed by atoms with Gasteiger partial charge in [-0.3, -0.25) is 4.79 Å². The number of hydrogen-bond acceptors (Lipinski definition) is 4. The van der Waals surface area contributed by atoms with Gasteiger partial charge in [-0.25, -0.2) is 4.98 Å². The largest absolute Gasteiger partial charge is 0.397 e. The molecule has 0 spiro atoms. The lowest BCUT2D eigenvalue weighted by Gasteiger charge is -2.32. The summed E-state index contributed by atoms with van der Waals surface area (Å²) in [5.41, 5.74) is 16.9. The number of H-pyrrole nitrogens is 1. The quantitative estimate of drug-likeness (QED) is 0.348. The van der Waals surface area contributed by atoms with Gasteiger partial charge < -0.3 is 21.8 Å². The number of hydrogen-bond donors (Lipinski definition) is 4. The number of nitrogens with one attached hydrogen (secondary N) is 2. The standard InChI is InChI=1S/C18H17N3O.C6H8N2/c1-18(2)10-16(22)19-15-9-11(7-8-12(15)18)17-20-13-5-3-4-6-14(13)21-17;7-5-3-1-2-4-6(5)8/h3-9H,10H2,1-2H3,(H,19,22)(H,20,21);1-4H,7-8H2.